The Balaban J connectivity index is 2.36. The summed E-state index contributed by atoms with van der Waals surface area (Å²) in [6.45, 7) is 0. The fourth-order valence-electron chi connectivity index (χ4n) is 3.79. The molecule has 3 aromatic carbocycles. The maximum Gasteiger partial charge on any atom is 0.353 e. The monoisotopic (exact) mass is 409 g/mol. The van der Waals surface area contributed by atoms with E-state index in [2.05, 4.69) is 0 Å². The van der Waals surface area contributed by atoms with Gasteiger partial charge < -0.3 is 14.6 Å². The summed E-state index contributed by atoms with van der Waals surface area (Å²) < 4.78 is 25.6. The van der Waals surface area contributed by atoms with E-state index in [0.717, 1.165) is 5.56 Å². The van der Waals surface area contributed by atoms with E-state index >= 15 is 4.39 Å². The second kappa shape index (κ2) is 8.97. The maximum atomic E-state index is 15.0. The fraction of sp³-hybridized carbons (Fsp3) is 0.208. The molecule has 0 spiro atoms. The lowest BCUT2D eigenvalue weighted by molar-refractivity contribution is -0.152. The third kappa shape index (κ3) is 3.74. The molecular weight excluding hydrogens is 385 g/mol. The highest BCUT2D eigenvalue weighted by molar-refractivity contribution is 5.72. The molecule has 0 aliphatic rings. The van der Waals surface area contributed by atoms with Gasteiger partial charge in [-0.2, -0.15) is 0 Å². The average molecular weight is 409 g/mol. The van der Waals surface area contributed by atoms with Gasteiger partial charge in [0.05, 0.1) is 19.8 Å². The second-order valence-electron chi connectivity index (χ2n) is 6.82. The number of likely N-dealkylation sites (N-methyl/N-ethyl adjacent to an activating group) is 1. The summed E-state index contributed by atoms with van der Waals surface area (Å²) in [4.78, 5) is 12.9. The number of benzene rings is 3. The van der Waals surface area contributed by atoms with Gasteiger partial charge in [-0.25, -0.2) is 14.1 Å². The minimum Gasteiger partial charge on any atom is -0.497 e. The minimum atomic E-state index is -2.24. The van der Waals surface area contributed by atoms with Crippen molar-refractivity contribution < 1.29 is 23.8 Å². The molecule has 0 aliphatic heterocycles. The SMILES string of the molecule is COc1ccc(C(c2ccccc2)(c2ccc(OC)cc2)N(C)C(F)C(=O)O)cc1. The van der Waals surface area contributed by atoms with Gasteiger partial charge in [0.1, 0.15) is 11.5 Å². The van der Waals surface area contributed by atoms with Crippen LogP contribution in [0.5, 0.6) is 11.5 Å². The number of carbonyl (C=O) groups is 1. The van der Waals surface area contributed by atoms with Crippen LogP contribution in [-0.4, -0.2) is 43.5 Å². The highest BCUT2D eigenvalue weighted by Gasteiger charge is 2.45. The Hall–Kier alpha value is -3.38. The Kier molecular flexibility index (Phi) is 6.37. The first-order chi connectivity index (χ1) is 14.4. The summed E-state index contributed by atoms with van der Waals surface area (Å²) in [6.07, 6.45) is -2.24. The standard InChI is InChI=1S/C24H24FNO4/c1-26(22(25)23(27)28)24(17-7-5-4-6-8-17,18-9-13-20(29-2)14-10-18)19-11-15-21(30-3)16-12-19/h4-16,22H,1-3H3,(H,27,28). The predicted octanol–water partition coefficient (Wildman–Crippen LogP) is 4.31. The molecule has 0 aromatic heterocycles. The van der Waals surface area contributed by atoms with Gasteiger partial charge in [0.2, 0.25) is 0 Å². The van der Waals surface area contributed by atoms with Gasteiger partial charge in [0.15, 0.2) is 0 Å². The first-order valence-corrected chi connectivity index (χ1v) is 9.39. The van der Waals surface area contributed by atoms with Crippen LogP contribution < -0.4 is 9.47 Å². The van der Waals surface area contributed by atoms with Crippen LogP contribution >= 0.6 is 0 Å². The van der Waals surface area contributed by atoms with E-state index in [0.29, 0.717) is 22.6 Å². The Labute approximate surface area is 175 Å². The van der Waals surface area contributed by atoms with Gasteiger partial charge in [-0.05, 0) is 48.0 Å². The fourth-order valence-corrected chi connectivity index (χ4v) is 3.79. The molecule has 0 radical (unpaired) electrons. The van der Waals surface area contributed by atoms with Crippen molar-refractivity contribution in [1.82, 2.24) is 4.90 Å². The van der Waals surface area contributed by atoms with E-state index in [1.54, 1.807) is 38.5 Å². The van der Waals surface area contributed by atoms with E-state index < -0.39 is 17.8 Å². The van der Waals surface area contributed by atoms with Crippen molar-refractivity contribution in [2.24, 2.45) is 0 Å². The van der Waals surface area contributed by atoms with Crippen molar-refractivity contribution in [1.29, 1.82) is 0 Å². The molecule has 0 heterocycles. The maximum absolute atomic E-state index is 15.0. The number of halogens is 1. The quantitative estimate of drug-likeness (QED) is 0.444. The predicted molar refractivity (Wildman–Crippen MR) is 113 cm³/mol. The van der Waals surface area contributed by atoms with Crippen LogP contribution in [0, 0.1) is 0 Å². The molecule has 3 rings (SSSR count). The summed E-state index contributed by atoms with van der Waals surface area (Å²) in [5.41, 5.74) is 0.918. The van der Waals surface area contributed by atoms with Crippen LogP contribution in [0.4, 0.5) is 4.39 Å². The number of hydrogen-bond donors (Lipinski definition) is 1. The zero-order chi connectivity index (χ0) is 21.7. The zero-order valence-electron chi connectivity index (χ0n) is 17.1. The molecule has 0 bridgehead atoms. The van der Waals surface area contributed by atoms with Gasteiger partial charge >= 0.3 is 5.97 Å². The highest BCUT2D eigenvalue weighted by atomic mass is 19.1. The van der Waals surface area contributed by atoms with Crippen LogP contribution in [0.15, 0.2) is 78.9 Å². The smallest absolute Gasteiger partial charge is 0.353 e. The molecule has 0 saturated carbocycles. The molecule has 1 N–H and O–H groups in total. The third-order valence-corrected chi connectivity index (χ3v) is 5.28. The Morgan fingerprint density at radius 1 is 0.833 bits per heavy atom. The average Bonchev–Trinajstić information content (AvgIpc) is 2.80. The van der Waals surface area contributed by atoms with Crippen molar-refractivity contribution in [2.45, 2.75) is 11.8 Å². The topological polar surface area (TPSA) is 59.0 Å². The lowest BCUT2D eigenvalue weighted by Gasteiger charge is -2.44. The molecule has 156 valence electrons. The number of carboxylic acid groups (broad SMARTS) is 1. The first-order valence-electron chi connectivity index (χ1n) is 9.39. The van der Waals surface area contributed by atoms with Crippen LogP contribution in [0.1, 0.15) is 16.7 Å². The van der Waals surface area contributed by atoms with E-state index in [9.17, 15) is 9.90 Å². The van der Waals surface area contributed by atoms with E-state index in [-0.39, 0.29) is 0 Å². The van der Waals surface area contributed by atoms with Crippen molar-refractivity contribution in [3.05, 3.63) is 95.6 Å². The first kappa shape index (κ1) is 21.3. The van der Waals surface area contributed by atoms with Crippen LogP contribution in [-0.2, 0) is 10.3 Å². The summed E-state index contributed by atoms with van der Waals surface area (Å²) in [5, 5.41) is 9.46. The van der Waals surface area contributed by atoms with Crippen molar-refractivity contribution in [3.8, 4) is 11.5 Å². The largest absolute Gasteiger partial charge is 0.497 e. The number of nitrogens with zero attached hydrogens (tertiary/aromatic N) is 1. The van der Waals surface area contributed by atoms with Gasteiger partial charge in [-0.1, -0.05) is 54.6 Å². The van der Waals surface area contributed by atoms with Crippen LogP contribution in [0.2, 0.25) is 0 Å². The summed E-state index contributed by atoms with van der Waals surface area (Å²) in [7, 11) is 4.61. The zero-order valence-corrected chi connectivity index (χ0v) is 17.1. The molecule has 0 amide bonds. The summed E-state index contributed by atoms with van der Waals surface area (Å²) in [5.74, 6) is -0.263. The third-order valence-electron chi connectivity index (χ3n) is 5.28. The van der Waals surface area contributed by atoms with Gasteiger partial charge in [0.25, 0.3) is 6.30 Å². The van der Waals surface area contributed by atoms with E-state index in [1.807, 2.05) is 54.6 Å². The molecule has 0 aliphatic carbocycles. The molecule has 1 atom stereocenters. The lowest BCUT2D eigenvalue weighted by atomic mass is 9.75. The highest BCUT2D eigenvalue weighted by Crippen LogP contribution is 2.43. The molecule has 0 fully saturated rings. The van der Waals surface area contributed by atoms with Gasteiger partial charge in [-0.3, -0.25) is 0 Å². The minimum absolute atomic E-state index is 0.646. The van der Waals surface area contributed by atoms with Gasteiger partial charge in [-0.15, -0.1) is 0 Å². The van der Waals surface area contributed by atoms with Crippen molar-refractivity contribution in [2.75, 3.05) is 21.3 Å². The molecule has 3 aromatic rings. The number of aliphatic carboxylic acids is 1. The van der Waals surface area contributed by atoms with E-state index in [1.165, 1.54) is 11.9 Å². The van der Waals surface area contributed by atoms with E-state index in [4.69, 9.17) is 9.47 Å². The Morgan fingerprint density at radius 3 is 1.60 bits per heavy atom. The normalized spacial score (nSPS) is 12.4. The Morgan fingerprint density at radius 2 is 1.23 bits per heavy atom. The summed E-state index contributed by atoms with van der Waals surface area (Å²) in [6, 6.07) is 23.7. The van der Waals surface area contributed by atoms with Crippen LogP contribution in [0.3, 0.4) is 0 Å². The number of ether oxygens (including phenoxy) is 2. The van der Waals surface area contributed by atoms with Gasteiger partial charge in [0, 0.05) is 0 Å². The number of carboxylic acids is 1. The second-order valence-corrected chi connectivity index (χ2v) is 6.82. The lowest BCUT2D eigenvalue weighted by Crippen LogP contribution is -2.51. The Bertz CT molecular complexity index is 927. The van der Waals surface area contributed by atoms with Crippen molar-refractivity contribution >= 4 is 5.97 Å². The number of rotatable bonds is 8. The van der Waals surface area contributed by atoms with Crippen molar-refractivity contribution in [3.63, 3.8) is 0 Å². The summed E-state index contributed by atoms with van der Waals surface area (Å²) >= 11 is 0. The molecule has 1 unspecified atom stereocenters. The molecule has 0 saturated heterocycles. The molecule has 6 heteroatoms. The number of hydrogen-bond acceptors (Lipinski definition) is 4. The molecule has 30 heavy (non-hydrogen) atoms. The van der Waals surface area contributed by atoms with Crippen LogP contribution in [0.25, 0.3) is 0 Å². The number of alkyl halides is 1. The number of methoxy groups -OCH3 is 2. The molecule has 5 nitrogen and oxygen atoms in total. The molecular formula is C24H24FNO4.